The Balaban J connectivity index is 1.61. The van der Waals surface area contributed by atoms with Gasteiger partial charge in [-0.3, -0.25) is 10.1 Å². The molecule has 4 rings (SSSR count). The molecule has 0 radical (unpaired) electrons. The third-order valence-electron chi connectivity index (χ3n) is 5.19. The first-order chi connectivity index (χ1) is 13.9. The smallest absolute Gasteiger partial charge is 0.293 e. The van der Waals surface area contributed by atoms with Crippen LogP contribution in [0.4, 0.5) is 5.13 Å². The number of carbonyl (C=O) groups excluding carboxylic acids is 1. The van der Waals surface area contributed by atoms with Gasteiger partial charge in [-0.05, 0) is 68.7 Å². The number of benzene rings is 2. The number of fused-ring (bicyclic) bond motifs is 1. The zero-order valence-electron chi connectivity index (χ0n) is 17.0. The van der Waals surface area contributed by atoms with E-state index < -0.39 is 0 Å². The standard InChI is InChI=1S/C23H22N2O3S/c1-12-8-14(3)17(9-13(12)2)19-11-29-23(24-19)25-22(26)21-15(4)18-10-16(27-5)6-7-20(18)28-21/h6-11H,1-5H3,(H,24,25,26). The third kappa shape index (κ3) is 3.51. The van der Waals surface area contributed by atoms with E-state index in [4.69, 9.17) is 9.15 Å². The summed E-state index contributed by atoms with van der Waals surface area (Å²) in [7, 11) is 1.61. The van der Waals surface area contributed by atoms with Gasteiger partial charge in [-0.25, -0.2) is 4.98 Å². The number of anilines is 1. The van der Waals surface area contributed by atoms with Crippen molar-refractivity contribution in [1.82, 2.24) is 4.98 Å². The predicted octanol–water partition coefficient (Wildman–Crippen LogP) is 6.05. The van der Waals surface area contributed by atoms with Crippen molar-refractivity contribution in [2.24, 2.45) is 0 Å². The van der Waals surface area contributed by atoms with Crippen molar-refractivity contribution in [2.75, 3.05) is 12.4 Å². The summed E-state index contributed by atoms with van der Waals surface area (Å²) in [4.78, 5) is 17.4. The van der Waals surface area contributed by atoms with Gasteiger partial charge in [0.2, 0.25) is 0 Å². The first-order valence-corrected chi connectivity index (χ1v) is 10.2. The number of aryl methyl sites for hydroxylation is 4. The van der Waals surface area contributed by atoms with E-state index in [0.29, 0.717) is 10.7 Å². The lowest BCUT2D eigenvalue weighted by atomic mass is 9.99. The molecule has 5 nitrogen and oxygen atoms in total. The maximum absolute atomic E-state index is 12.8. The average Bonchev–Trinajstić information content (AvgIpc) is 3.29. The molecule has 0 atom stereocenters. The number of rotatable bonds is 4. The number of furan rings is 1. The molecule has 4 aromatic rings. The summed E-state index contributed by atoms with van der Waals surface area (Å²) in [5, 5.41) is 6.23. The highest BCUT2D eigenvalue weighted by Crippen LogP contribution is 2.32. The highest BCUT2D eigenvalue weighted by Gasteiger charge is 2.20. The highest BCUT2D eigenvalue weighted by atomic mass is 32.1. The summed E-state index contributed by atoms with van der Waals surface area (Å²) in [5.41, 5.74) is 7.01. The summed E-state index contributed by atoms with van der Waals surface area (Å²) in [5.74, 6) is 0.699. The van der Waals surface area contributed by atoms with Gasteiger partial charge in [0.15, 0.2) is 10.9 Å². The lowest BCUT2D eigenvalue weighted by molar-refractivity contribution is 0.0998. The van der Waals surface area contributed by atoms with Gasteiger partial charge in [-0.1, -0.05) is 6.07 Å². The van der Waals surface area contributed by atoms with Gasteiger partial charge in [-0.2, -0.15) is 0 Å². The van der Waals surface area contributed by atoms with Crippen molar-refractivity contribution < 1.29 is 13.9 Å². The molecule has 0 spiro atoms. The third-order valence-corrected chi connectivity index (χ3v) is 5.95. The van der Waals surface area contributed by atoms with Crippen LogP contribution in [0, 0.1) is 27.7 Å². The second-order valence-corrected chi connectivity index (χ2v) is 8.02. The van der Waals surface area contributed by atoms with Crippen LogP contribution < -0.4 is 10.1 Å². The van der Waals surface area contributed by atoms with Gasteiger partial charge in [0.1, 0.15) is 11.3 Å². The fraction of sp³-hybridized carbons (Fsp3) is 0.217. The predicted molar refractivity (Wildman–Crippen MR) is 117 cm³/mol. The van der Waals surface area contributed by atoms with Gasteiger partial charge in [0, 0.05) is 21.9 Å². The first-order valence-electron chi connectivity index (χ1n) is 9.29. The van der Waals surface area contributed by atoms with E-state index in [1.165, 1.54) is 28.0 Å². The molecule has 0 saturated carbocycles. The number of thiazole rings is 1. The average molecular weight is 407 g/mol. The molecule has 2 aromatic carbocycles. The molecule has 0 aliphatic rings. The van der Waals surface area contributed by atoms with Crippen molar-refractivity contribution >= 4 is 33.3 Å². The second-order valence-electron chi connectivity index (χ2n) is 7.16. The van der Waals surface area contributed by atoms with E-state index >= 15 is 0 Å². The minimum Gasteiger partial charge on any atom is -0.497 e. The molecule has 0 bridgehead atoms. The van der Waals surface area contributed by atoms with Gasteiger partial charge in [0.25, 0.3) is 5.91 Å². The number of aromatic nitrogens is 1. The lowest BCUT2D eigenvalue weighted by Gasteiger charge is -2.07. The van der Waals surface area contributed by atoms with Crippen LogP contribution in [0.3, 0.4) is 0 Å². The molecule has 148 valence electrons. The Bertz CT molecular complexity index is 1240. The Hall–Kier alpha value is -3.12. The number of nitrogens with zero attached hydrogens (tertiary/aromatic N) is 1. The SMILES string of the molecule is COc1ccc2oc(C(=O)Nc3nc(-c4cc(C)c(C)cc4C)cs3)c(C)c2c1. The summed E-state index contributed by atoms with van der Waals surface area (Å²) in [6, 6.07) is 9.79. The molecular formula is C23H22N2O3S. The van der Waals surface area contributed by atoms with Crippen molar-refractivity contribution in [3.63, 3.8) is 0 Å². The van der Waals surface area contributed by atoms with Crippen LogP contribution in [0.2, 0.25) is 0 Å². The fourth-order valence-corrected chi connectivity index (χ4v) is 4.09. The van der Waals surface area contributed by atoms with Gasteiger partial charge in [0.05, 0.1) is 12.8 Å². The van der Waals surface area contributed by atoms with Crippen molar-refractivity contribution in [2.45, 2.75) is 27.7 Å². The highest BCUT2D eigenvalue weighted by molar-refractivity contribution is 7.14. The minimum absolute atomic E-state index is 0.285. The van der Waals surface area contributed by atoms with Crippen LogP contribution >= 0.6 is 11.3 Å². The monoisotopic (exact) mass is 406 g/mol. The van der Waals surface area contributed by atoms with E-state index in [2.05, 4.69) is 43.2 Å². The van der Waals surface area contributed by atoms with Gasteiger partial charge < -0.3 is 9.15 Å². The normalized spacial score (nSPS) is 11.1. The number of nitrogens with one attached hydrogen (secondary N) is 1. The molecule has 1 N–H and O–H groups in total. The maximum Gasteiger partial charge on any atom is 0.293 e. The largest absolute Gasteiger partial charge is 0.497 e. The summed E-state index contributed by atoms with van der Waals surface area (Å²) in [6.45, 7) is 8.13. The maximum atomic E-state index is 12.8. The van der Waals surface area contributed by atoms with Gasteiger partial charge in [-0.15, -0.1) is 11.3 Å². The molecule has 2 aromatic heterocycles. The molecule has 0 aliphatic carbocycles. The van der Waals surface area contributed by atoms with Crippen molar-refractivity contribution in [3.8, 4) is 17.0 Å². The summed E-state index contributed by atoms with van der Waals surface area (Å²) in [6.07, 6.45) is 0. The van der Waals surface area contributed by atoms with E-state index in [-0.39, 0.29) is 11.7 Å². The molecular weight excluding hydrogens is 384 g/mol. The number of methoxy groups -OCH3 is 1. The fourth-order valence-electron chi connectivity index (χ4n) is 3.39. The lowest BCUT2D eigenvalue weighted by Crippen LogP contribution is -2.11. The second kappa shape index (κ2) is 7.37. The first kappa shape index (κ1) is 19.2. The number of hydrogen-bond donors (Lipinski definition) is 1. The Kier molecular flexibility index (Phi) is 4.88. The van der Waals surface area contributed by atoms with Crippen molar-refractivity contribution in [1.29, 1.82) is 0 Å². The summed E-state index contributed by atoms with van der Waals surface area (Å²) >= 11 is 1.40. The molecule has 0 saturated heterocycles. The number of ether oxygens (including phenoxy) is 1. The number of carbonyl (C=O) groups is 1. The van der Waals surface area contributed by atoms with E-state index in [1.807, 2.05) is 30.5 Å². The topological polar surface area (TPSA) is 64.4 Å². The Labute approximate surface area is 173 Å². The van der Waals surface area contributed by atoms with Crippen LogP contribution in [0.5, 0.6) is 5.75 Å². The van der Waals surface area contributed by atoms with Crippen molar-refractivity contribution in [3.05, 3.63) is 63.7 Å². The summed E-state index contributed by atoms with van der Waals surface area (Å²) < 4.78 is 11.0. The van der Waals surface area contributed by atoms with Crippen LogP contribution in [0.15, 0.2) is 40.1 Å². The van der Waals surface area contributed by atoms with Gasteiger partial charge >= 0.3 is 0 Å². The molecule has 0 fully saturated rings. The molecule has 0 unspecified atom stereocenters. The van der Waals surface area contributed by atoms with E-state index in [0.717, 1.165) is 28.0 Å². The van der Waals surface area contributed by atoms with Crippen LogP contribution in [-0.2, 0) is 0 Å². The molecule has 1 amide bonds. The van der Waals surface area contributed by atoms with Crippen LogP contribution in [0.25, 0.3) is 22.2 Å². The Morgan fingerprint density at radius 1 is 1.07 bits per heavy atom. The molecule has 2 heterocycles. The van der Waals surface area contributed by atoms with E-state index in [1.54, 1.807) is 7.11 Å². The van der Waals surface area contributed by atoms with Crippen LogP contribution in [0.1, 0.15) is 32.8 Å². The number of hydrogen-bond acceptors (Lipinski definition) is 5. The zero-order valence-corrected chi connectivity index (χ0v) is 17.9. The minimum atomic E-state index is -0.310. The zero-order chi connectivity index (χ0) is 20.7. The Morgan fingerprint density at radius 3 is 2.59 bits per heavy atom. The Morgan fingerprint density at radius 2 is 1.83 bits per heavy atom. The molecule has 0 aliphatic heterocycles. The van der Waals surface area contributed by atoms with Crippen LogP contribution in [-0.4, -0.2) is 18.0 Å². The number of amides is 1. The molecule has 29 heavy (non-hydrogen) atoms. The quantitative estimate of drug-likeness (QED) is 0.448. The molecule has 6 heteroatoms. The van der Waals surface area contributed by atoms with E-state index in [9.17, 15) is 4.79 Å².